The number of hydrogen-bond acceptors (Lipinski definition) is 3. The maximum Gasteiger partial charge on any atom is 0.407 e. The summed E-state index contributed by atoms with van der Waals surface area (Å²) in [5.74, 6) is 0.144. The van der Waals surface area contributed by atoms with E-state index in [1.807, 2.05) is 4.90 Å². The zero-order valence-electron chi connectivity index (χ0n) is 11.9. The Labute approximate surface area is 118 Å². The fourth-order valence-corrected chi connectivity index (χ4v) is 3.44. The van der Waals surface area contributed by atoms with Gasteiger partial charge in [0.25, 0.3) is 5.91 Å². The molecule has 0 bridgehead atoms. The highest BCUT2D eigenvalue weighted by Crippen LogP contribution is 2.49. The first-order valence-corrected chi connectivity index (χ1v) is 7.48. The van der Waals surface area contributed by atoms with E-state index in [2.05, 4.69) is 6.92 Å². The number of morpholine rings is 1. The van der Waals surface area contributed by atoms with Crippen LogP contribution in [-0.2, 0) is 9.53 Å². The predicted octanol–water partition coefficient (Wildman–Crippen LogP) is 1.30. The molecule has 6 heteroatoms. The molecule has 2 amide bonds. The van der Waals surface area contributed by atoms with Crippen LogP contribution in [0.15, 0.2) is 0 Å². The van der Waals surface area contributed by atoms with Crippen molar-refractivity contribution in [2.75, 3.05) is 26.2 Å². The third-order valence-electron chi connectivity index (χ3n) is 4.71. The van der Waals surface area contributed by atoms with Gasteiger partial charge in [-0.2, -0.15) is 0 Å². The minimum Gasteiger partial charge on any atom is -0.465 e. The molecule has 0 aromatic heterocycles. The first-order chi connectivity index (χ1) is 9.50. The van der Waals surface area contributed by atoms with E-state index in [9.17, 15) is 9.59 Å². The Morgan fingerprint density at radius 1 is 1.30 bits per heavy atom. The summed E-state index contributed by atoms with van der Waals surface area (Å²) < 4.78 is 6.22. The van der Waals surface area contributed by atoms with Gasteiger partial charge >= 0.3 is 6.09 Å². The Kier molecular flexibility index (Phi) is 3.16. The molecule has 3 rings (SSSR count). The summed E-state index contributed by atoms with van der Waals surface area (Å²) in [5, 5.41) is 9.04. The third-order valence-corrected chi connectivity index (χ3v) is 4.71. The molecule has 1 aliphatic carbocycles. The molecule has 1 saturated carbocycles. The maximum atomic E-state index is 12.4. The highest BCUT2D eigenvalue weighted by atomic mass is 16.5. The molecule has 1 N–H and O–H groups in total. The minimum absolute atomic E-state index is 0.144. The van der Waals surface area contributed by atoms with Crippen LogP contribution in [-0.4, -0.2) is 64.3 Å². The number of nitrogens with zero attached hydrogens (tertiary/aromatic N) is 2. The second-order valence-corrected chi connectivity index (χ2v) is 6.28. The van der Waals surface area contributed by atoms with Gasteiger partial charge in [-0.15, -0.1) is 0 Å². The Bertz CT molecular complexity index is 425. The molecule has 0 atom stereocenters. The highest BCUT2D eigenvalue weighted by molar-refractivity contribution is 5.89. The van der Waals surface area contributed by atoms with Gasteiger partial charge in [0, 0.05) is 26.2 Å². The molecular weight excluding hydrogens is 260 g/mol. The van der Waals surface area contributed by atoms with Gasteiger partial charge in [-0.05, 0) is 32.1 Å². The van der Waals surface area contributed by atoms with Gasteiger partial charge in [-0.3, -0.25) is 4.79 Å². The van der Waals surface area contributed by atoms with Crippen LogP contribution < -0.4 is 0 Å². The molecule has 3 fully saturated rings. The van der Waals surface area contributed by atoms with Crippen LogP contribution in [0.5, 0.6) is 0 Å². The number of hydrogen-bond donors (Lipinski definition) is 1. The summed E-state index contributed by atoms with van der Waals surface area (Å²) >= 11 is 0. The average molecular weight is 282 g/mol. The Morgan fingerprint density at radius 2 is 1.95 bits per heavy atom. The van der Waals surface area contributed by atoms with Crippen LogP contribution in [0, 0.1) is 0 Å². The predicted molar refractivity (Wildman–Crippen MR) is 71.5 cm³/mol. The summed E-state index contributed by atoms with van der Waals surface area (Å²) in [6.45, 7) is 4.46. The van der Waals surface area contributed by atoms with Gasteiger partial charge in [0.1, 0.15) is 5.60 Å². The fourth-order valence-electron chi connectivity index (χ4n) is 3.44. The van der Waals surface area contributed by atoms with Crippen molar-refractivity contribution in [3.8, 4) is 0 Å². The van der Waals surface area contributed by atoms with E-state index in [1.165, 1.54) is 4.90 Å². The summed E-state index contributed by atoms with van der Waals surface area (Å²) in [6, 6.07) is 0. The standard InChI is InChI=1S/C14H22N2O4/c1-2-7-16-10-13(20-14(3-4-14)11(16)17)5-8-15(9-6-13)12(18)19/h2-10H2,1H3,(H,18,19). The van der Waals surface area contributed by atoms with Gasteiger partial charge in [-0.1, -0.05) is 6.92 Å². The summed E-state index contributed by atoms with van der Waals surface area (Å²) in [6.07, 6.45) is 3.09. The van der Waals surface area contributed by atoms with Crippen LogP contribution in [0.25, 0.3) is 0 Å². The number of rotatable bonds is 2. The van der Waals surface area contributed by atoms with Crippen molar-refractivity contribution in [1.82, 2.24) is 9.80 Å². The normalized spacial score (nSPS) is 27.1. The molecule has 112 valence electrons. The van der Waals surface area contributed by atoms with E-state index in [0.717, 1.165) is 25.8 Å². The van der Waals surface area contributed by atoms with Crippen molar-refractivity contribution < 1.29 is 19.4 Å². The monoisotopic (exact) mass is 282 g/mol. The molecule has 2 saturated heterocycles. The molecule has 2 spiro atoms. The summed E-state index contributed by atoms with van der Waals surface area (Å²) in [7, 11) is 0. The summed E-state index contributed by atoms with van der Waals surface area (Å²) in [5.41, 5.74) is -0.898. The molecule has 0 unspecified atom stereocenters. The quantitative estimate of drug-likeness (QED) is 0.829. The van der Waals surface area contributed by atoms with Crippen molar-refractivity contribution in [1.29, 1.82) is 0 Å². The van der Waals surface area contributed by atoms with Gasteiger partial charge in [0.15, 0.2) is 0 Å². The lowest BCUT2D eigenvalue weighted by atomic mass is 9.88. The van der Waals surface area contributed by atoms with E-state index in [4.69, 9.17) is 9.84 Å². The van der Waals surface area contributed by atoms with E-state index < -0.39 is 11.7 Å². The van der Waals surface area contributed by atoms with Crippen LogP contribution in [0.4, 0.5) is 4.79 Å². The van der Waals surface area contributed by atoms with Crippen LogP contribution in [0.1, 0.15) is 39.0 Å². The number of ether oxygens (including phenoxy) is 1. The maximum absolute atomic E-state index is 12.4. The Hall–Kier alpha value is -1.30. The largest absolute Gasteiger partial charge is 0.465 e. The third kappa shape index (κ3) is 2.16. The van der Waals surface area contributed by atoms with E-state index in [1.54, 1.807) is 0 Å². The van der Waals surface area contributed by atoms with Gasteiger partial charge in [-0.25, -0.2) is 4.79 Å². The van der Waals surface area contributed by atoms with Gasteiger partial charge in [0.2, 0.25) is 0 Å². The zero-order chi connectivity index (χ0) is 14.4. The van der Waals surface area contributed by atoms with Gasteiger partial charge in [0.05, 0.1) is 5.60 Å². The molecule has 2 aliphatic heterocycles. The number of piperidine rings is 1. The first-order valence-electron chi connectivity index (χ1n) is 7.48. The molecule has 20 heavy (non-hydrogen) atoms. The lowest BCUT2D eigenvalue weighted by Gasteiger charge is -2.49. The second kappa shape index (κ2) is 4.62. The molecule has 2 heterocycles. The molecular formula is C14H22N2O4. The van der Waals surface area contributed by atoms with Crippen molar-refractivity contribution in [2.24, 2.45) is 0 Å². The molecule has 0 aromatic rings. The lowest BCUT2D eigenvalue weighted by molar-refractivity contribution is -0.199. The number of carbonyl (C=O) groups excluding carboxylic acids is 1. The van der Waals surface area contributed by atoms with Gasteiger partial charge < -0.3 is 19.6 Å². The molecule has 0 aromatic carbocycles. The smallest absolute Gasteiger partial charge is 0.407 e. The van der Waals surface area contributed by atoms with Crippen LogP contribution >= 0.6 is 0 Å². The van der Waals surface area contributed by atoms with E-state index >= 15 is 0 Å². The summed E-state index contributed by atoms with van der Waals surface area (Å²) in [4.78, 5) is 26.8. The first kappa shape index (κ1) is 13.7. The van der Waals surface area contributed by atoms with Crippen LogP contribution in [0.3, 0.4) is 0 Å². The number of amides is 2. The Morgan fingerprint density at radius 3 is 2.45 bits per heavy atom. The number of carbonyl (C=O) groups is 2. The number of carboxylic acid groups (broad SMARTS) is 1. The fraction of sp³-hybridized carbons (Fsp3) is 0.857. The molecule has 3 aliphatic rings. The zero-order valence-corrected chi connectivity index (χ0v) is 11.9. The van der Waals surface area contributed by atoms with Crippen molar-refractivity contribution in [3.63, 3.8) is 0 Å². The molecule has 0 radical (unpaired) electrons. The average Bonchev–Trinajstić information content (AvgIpc) is 3.17. The van der Waals surface area contributed by atoms with Crippen LogP contribution in [0.2, 0.25) is 0 Å². The van der Waals surface area contributed by atoms with Crippen molar-refractivity contribution in [3.05, 3.63) is 0 Å². The lowest BCUT2D eigenvalue weighted by Crippen LogP contribution is -2.63. The van der Waals surface area contributed by atoms with Crippen molar-refractivity contribution >= 4 is 12.0 Å². The molecule has 6 nitrogen and oxygen atoms in total. The van der Waals surface area contributed by atoms with E-state index in [-0.39, 0.29) is 11.5 Å². The topological polar surface area (TPSA) is 70.1 Å². The highest BCUT2D eigenvalue weighted by Gasteiger charge is 2.61. The van der Waals surface area contributed by atoms with Crippen molar-refractivity contribution in [2.45, 2.75) is 50.2 Å². The number of likely N-dealkylation sites (tertiary alicyclic amines) is 1. The second-order valence-electron chi connectivity index (χ2n) is 6.28. The SMILES string of the molecule is CCCN1CC2(CCN(C(=O)O)CC2)OC2(CC2)C1=O. The van der Waals surface area contributed by atoms with E-state index in [0.29, 0.717) is 32.5 Å². The Balaban J connectivity index is 1.74. The minimum atomic E-state index is -0.863.